The van der Waals surface area contributed by atoms with Crippen molar-refractivity contribution in [3.05, 3.63) is 78.0 Å². The Balaban J connectivity index is 1.36. The van der Waals surface area contributed by atoms with E-state index in [1.54, 1.807) is 25.3 Å². The van der Waals surface area contributed by atoms with E-state index in [4.69, 9.17) is 12.2 Å². The van der Waals surface area contributed by atoms with Crippen molar-refractivity contribution in [2.45, 2.75) is 38.1 Å². The fraction of sp³-hybridized carbons (Fsp3) is 0.357. The molecule has 0 radical (unpaired) electrons. The zero-order valence-corrected chi connectivity index (χ0v) is 21.2. The molecule has 3 saturated heterocycles. The molecule has 37 heavy (non-hydrogen) atoms. The van der Waals surface area contributed by atoms with Crippen LogP contribution in [0.25, 0.3) is 10.9 Å². The Labute approximate surface area is 219 Å². The Hall–Kier alpha value is -3.01. The number of anilines is 2. The minimum absolute atomic E-state index is 0.0315. The van der Waals surface area contributed by atoms with E-state index in [0.29, 0.717) is 23.1 Å². The summed E-state index contributed by atoms with van der Waals surface area (Å²) in [5.41, 5.74) is 2.18. The molecule has 3 aromatic rings. The average molecular weight is 527 g/mol. The number of nitrogens with zero attached hydrogens (tertiary/aromatic N) is 2. The summed E-state index contributed by atoms with van der Waals surface area (Å²) in [5.74, 6) is 1.01. The second-order valence-electron chi connectivity index (χ2n) is 9.99. The van der Waals surface area contributed by atoms with Crippen molar-refractivity contribution in [2.75, 3.05) is 23.7 Å². The van der Waals surface area contributed by atoms with Gasteiger partial charge >= 0.3 is 6.18 Å². The standard InChI is InChI=1S/C28H29F3N4OS/c1-3-17-15-35-9-7-18(17)12-25(35)26(36)22-6-8-32-24-5-4-20(14-23(22)24)33-27(37)34-21-11-16(2)10-19(13-21)28(29,30)31/h3-6,8,10-11,13-14,17-18,25-26,36H,1,7,9,12,15H2,2H3,(H2,33,34,37). The van der Waals surface area contributed by atoms with E-state index in [2.05, 4.69) is 27.1 Å². The van der Waals surface area contributed by atoms with Crippen LogP contribution in [0.4, 0.5) is 24.5 Å². The summed E-state index contributed by atoms with van der Waals surface area (Å²) in [5, 5.41) is 18.3. The first-order chi connectivity index (χ1) is 17.6. The lowest BCUT2D eigenvalue weighted by molar-refractivity contribution is -0.137. The lowest BCUT2D eigenvalue weighted by Gasteiger charge is -2.50. The third-order valence-electron chi connectivity index (χ3n) is 7.53. The van der Waals surface area contributed by atoms with E-state index in [1.165, 1.54) is 0 Å². The molecule has 2 aromatic carbocycles. The Morgan fingerprint density at radius 1 is 1.19 bits per heavy atom. The number of halogens is 3. The molecule has 0 spiro atoms. The number of fused-ring (bicyclic) bond motifs is 4. The molecule has 3 fully saturated rings. The molecule has 4 heterocycles. The summed E-state index contributed by atoms with van der Waals surface area (Å²) in [7, 11) is 0. The van der Waals surface area contributed by atoms with Gasteiger partial charge in [0.05, 0.1) is 17.2 Å². The Morgan fingerprint density at radius 2 is 1.97 bits per heavy atom. The van der Waals surface area contributed by atoms with E-state index in [0.717, 1.165) is 54.5 Å². The molecule has 0 aliphatic carbocycles. The number of piperidine rings is 3. The predicted octanol–water partition coefficient (Wildman–Crippen LogP) is 6.30. The van der Waals surface area contributed by atoms with E-state index >= 15 is 0 Å². The van der Waals surface area contributed by atoms with Crippen LogP contribution < -0.4 is 10.6 Å². The van der Waals surface area contributed by atoms with Gasteiger partial charge in [-0.1, -0.05) is 6.08 Å². The monoisotopic (exact) mass is 526 g/mol. The third-order valence-corrected chi connectivity index (χ3v) is 7.74. The highest BCUT2D eigenvalue weighted by molar-refractivity contribution is 7.80. The number of benzene rings is 2. The molecule has 6 rings (SSSR count). The smallest absolute Gasteiger partial charge is 0.387 e. The van der Waals surface area contributed by atoms with E-state index < -0.39 is 17.8 Å². The van der Waals surface area contributed by atoms with Gasteiger partial charge in [-0.05, 0) is 104 Å². The molecular weight excluding hydrogens is 497 g/mol. The molecule has 1 aromatic heterocycles. The molecule has 0 saturated carbocycles. The number of hydrogen-bond donors (Lipinski definition) is 3. The maximum absolute atomic E-state index is 13.2. The molecule has 3 N–H and O–H groups in total. The van der Waals surface area contributed by atoms with Crippen molar-refractivity contribution in [3.63, 3.8) is 0 Å². The zero-order chi connectivity index (χ0) is 26.3. The Bertz CT molecular complexity index is 1340. The molecule has 194 valence electrons. The van der Waals surface area contributed by atoms with Gasteiger partial charge in [-0.25, -0.2) is 0 Å². The van der Waals surface area contributed by atoms with Gasteiger partial charge in [0.15, 0.2) is 5.11 Å². The van der Waals surface area contributed by atoms with Crippen molar-refractivity contribution >= 4 is 39.6 Å². The maximum Gasteiger partial charge on any atom is 0.416 e. The zero-order valence-electron chi connectivity index (χ0n) is 20.4. The number of aliphatic hydroxyl groups excluding tert-OH is 1. The van der Waals surface area contributed by atoms with Crippen LogP contribution in [0.15, 0.2) is 61.3 Å². The summed E-state index contributed by atoms with van der Waals surface area (Å²) in [6, 6.07) is 11.1. The fourth-order valence-corrected chi connectivity index (χ4v) is 5.96. The average Bonchev–Trinajstić information content (AvgIpc) is 2.87. The highest BCUT2D eigenvalue weighted by Gasteiger charge is 2.42. The number of hydrogen-bond acceptors (Lipinski definition) is 4. The first-order valence-corrected chi connectivity index (χ1v) is 12.7. The van der Waals surface area contributed by atoms with Crippen molar-refractivity contribution in [1.82, 2.24) is 9.88 Å². The van der Waals surface area contributed by atoms with E-state index in [-0.39, 0.29) is 16.8 Å². The van der Waals surface area contributed by atoms with Crippen LogP contribution in [-0.2, 0) is 6.18 Å². The maximum atomic E-state index is 13.2. The minimum atomic E-state index is -4.44. The molecule has 0 amide bonds. The SMILES string of the molecule is C=CC1CN2CCC1CC2C(O)c1ccnc2ccc(NC(=S)Nc3cc(C)cc(C(F)(F)F)c3)cc12. The molecule has 9 heteroatoms. The van der Waals surface area contributed by atoms with Gasteiger partial charge in [-0.3, -0.25) is 9.88 Å². The fourth-order valence-electron chi connectivity index (χ4n) is 5.73. The molecule has 3 aliphatic rings. The topological polar surface area (TPSA) is 60.4 Å². The first-order valence-electron chi connectivity index (χ1n) is 12.3. The van der Waals surface area contributed by atoms with Crippen LogP contribution in [0, 0.1) is 18.8 Å². The van der Waals surface area contributed by atoms with Gasteiger partial charge in [0.25, 0.3) is 0 Å². The van der Waals surface area contributed by atoms with Crippen molar-refractivity contribution in [2.24, 2.45) is 11.8 Å². The molecule has 3 aliphatic heterocycles. The number of aryl methyl sites for hydroxylation is 1. The van der Waals surface area contributed by atoms with Crippen molar-refractivity contribution in [3.8, 4) is 0 Å². The Kier molecular flexibility index (Phi) is 6.95. The molecule has 5 atom stereocenters. The van der Waals surface area contributed by atoms with Crippen LogP contribution in [0.3, 0.4) is 0 Å². The largest absolute Gasteiger partial charge is 0.416 e. The number of nitrogens with one attached hydrogen (secondary N) is 2. The molecule has 5 unspecified atom stereocenters. The second-order valence-corrected chi connectivity index (χ2v) is 10.4. The molecular formula is C28H29F3N4OS. The van der Waals surface area contributed by atoms with Gasteiger partial charge < -0.3 is 15.7 Å². The van der Waals surface area contributed by atoms with Gasteiger partial charge in [0.2, 0.25) is 0 Å². The highest BCUT2D eigenvalue weighted by atomic mass is 32.1. The van der Waals surface area contributed by atoms with E-state index in [1.807, 2.05) is 24.3 Å². The van der Waals surface area contributed by atoms with Gasteiger partial charge in [0.1, 0.15) is 0 Å². The second kappa shape index (κ2) is 10.0. The van der Waals surface area contributed by atoms with Crippen LogP contribution in [0.2, 0.25) is 0 Å². The highest BCUT2D eigenvalue weighted by Crippen LogP contribution is 2.42. The minimum Gasteiger partial charge on any atom is -0.387 e. The normalized spacial score (nSPS) is 24.0. The van der Waals surface area contributed by atoms with Crippen LogP contribution in [-0.4, -0.2) is 39.2 Å². The Morgan fingerprint density at radius 3 is 2.68 bits per heavy atom. The van der Waals surface area contributed by atoms with Crippen molar-refractivity contribution < 1.29 is 18.3 Å². The molecule has 2 bridgehead atoms. The van der Waals surface area contributed by atoms with Crippen molar-refractivity contribution in [1.29, 1.82) is 0 Å². The van der Waals surface area contributed by atoms with Crippen LogP contribution in [0.1, 0.15) is 35.6 Å². The van der Waals surface area contributed by atoms with Gasteiger partial charge in [-0.2, -0.15) is 13.2 Å². The summed E-state index contributed by atoms with van der Waals surface area (Å²) < 4.78 is 39.6. The van der Waals surface area contributed by atoms with E-state index in [9.17, 15) is 18.3 Å². The summed E-state index contributed by atoms with van der Waals surface area (Å²) in [6.45, 7) is 7.48. The molecule has 5 nitrogen and oxygen atoms in total. The first kappa shape index (κ1) is 25.6. The van der Waals surface area contributed by atoms with Gasteiger partial charge in [0, 0.05) is 35.5 Å². The summed E-state index contributed by atoms with van der Waals surface area (Å²) in [6.07, 6.45) is 0.676. The number of aromatic nitrogens is 1. The number of aliphatic hydroxyl groups is 1. The lowest BCUT2D eigenvalue weighted by atomic mass is 9.73. The van der Waals surface area contributed by atoms with Crippen LogP contribution in [0.5, 0.6) is 0 Å². The van der Waals surface area contributed by atoms with Gasteiger partial charge in [-0.15, -0.1) is 6.58 Å². The quantitative estimate of drug-likeness (QED) is 0.268. The summed E-state index contributed by atoms with van der Waals surface area (Å²) in [4.78, 5) is 6.81. The number of pyridine rings is 1. The lowest BCUT2D eigenvalue weighted by Crippen LogP contribution is -2.54. The number of thiocarbonyl (C=S) groups is 1. The number of rotatable bonds is 5. The third kappa shape index (κ3) is 5.35. The van der Waals surface area contributed by atoms with Crippen LogP contribution >= 0.6 is 12.2 Å². The predicted molar refractivity (Wildman–Crippen MR) is 144 cm³/mol. The number of alkyl halides is 3. The summed E-state index contributed by atoms with van der Waals surface area (Å²) >= 11 is 5.38.